The number of hydrogen-bond donors (Lipinski definition) is 2. The van der Waals surface area contributed by atoms with Crippen molar-refractivity contribution in [2.75, 3.05) is 13.6 Å². The van der Waals surface area contributed by atoms with Crippen LogP contribution in [0.2, 0.25) is 0 Å². The third kappa shape index (κ3) is 5.96. The van der Waals surface area contributed by atoms with Gasteiger partial charge in [0.15, 0.2) is 11.8 Å². The molecular formula is C12H19IN6OS. The van der Waals surface area contributed by atoms with Crippen LogP contribution in [0.3, 0.4) is 0 Å². The smallest absolute Gasteiger partial charge is 0.223 e. The summed E-state index contributed by atoms with van der Waals surface area (Å²) in [5, 5.41) is 11.3. The van der Waals surface area contributed by atoms with Crippen molar-refractivity contribution in [2.45, 2.75) is 26.8 Å². The van der Waals surface area contributed by atoms with Crippen molar-refractivity contribution in [3.63, 3.8) is 0 Å². The molecule has 21 heavy (non-hydrogen) atoms. The number of hydrogen-bond acceptors (Lipinski definition) is 6. The van der Waals surface area contributed by atoms with Gasteiger partial charge in [-0.25, -0.2) is 4.98 Å². The Kier molecular flexibility index (Phi) is 7.57. The highest BCUT2D eigenvalue weighted by atomic mass is 127. The van der Waals surface area contributed by atoms with Crippen molar-refractivity contribution in [1.29, 1.82) is 0 Å². The molecule has 0 spiro atoms. The van der Waals surface area contributed by atoms with Gasteiger partial charge in [-0.3, -0.25) is 4.99 Å². The number of halogens is 1. The number of aromatic nitrogens is 3. The first-order chi connectivity index (χ1) is 9.67. The van der Waals surface area contributed by atoms with Crippen LogP contribution in [0.15, 0.2) is 15.7 Å². The van der Waals surface area contributed by atoms with Gasteiger partial charge in [0.05, 0.1) is 11.6 Å². The maximum absolute atomic E-state index is 4.90. The zero-order chi connectivity index (χ0) is 14.4. The van der Waals surface area contributed by atoms with Gasteiger partial charge >= 0.3 is 0 Å². The molecule has 2 heterocycles. The van der Waals surface area contributed by atoms with Crippen LogP contribution in [0, 0.1) is 13.8 Å². The van der Waals surface area contributed by atoms with Crippen molar-refractivity contribution in [3.05, 3.63) is 27.8 Å². The highest BCUT2D eigenvalue weighted by Crippen LogP contribution is 2.10. The van der Waals surface area contributed by atoms with E-state index in [4.69, 9.17) is 4.52 Å². The van der Waals surface area contributed by atoms with Gasteiger partial charge in [-0.1, -0.05) is 5.16 Å². The Morgan fingerprint density at radius 2 is 2.19 bits per heavy atom. The largest absolute Gasteiger partial charge is 0.356 e. The topological polar surface area (TPSA) is 88.2 Å². The molecule has 0 unspecified atom stereocenters. The maximum atomic E-state index is 4.90. The van der Waals surface area contributed by atoms with Gasteiger partial charge in [0.2, 0.25) is 5.89 Å². The summed E-state index contributed by atoms with van der Waals surface area (Å²) >= 11 is 1.72. The van der Waals surface area contributed by atoms with Gasteiger partial charge < -0.3 is 15.2 Å². The molecule has 0 aliphatic rings. The van der Waals surface area contributed by atoms with Crippen LogP contribution >= 0.6 is 35.3 Å². The fourth-order valence-electron chi connectivity index (χ4n) is 1.60. The minimum atomic E-state index is 0. The molecule has 2 aromatic heterocycles. The molecule has 0 atom stereocenters. The van der Waals surface area contributed by atoms with E-state index in [1.54, 1.807) is 25.3 Å². The molecule has 0 saturated heterocycles. The van der Waals surface area contributed by atoms with E-state index < -0.39 is 0 Å². The van der Waals surface area contributed by atoms with Crippen LogP contribution in [0.25, 0.3) is 0 Å². The lowest BCUT2D eigenvalue weighted by molar-refractivity contribution is 0.387. The van der Waals surface area contributed by atoms with Gasteiger partial charge in [-0.05, 0) is 6.92 Å². The summed E-state index contributed by atoms with van der Waals surface area (Å²) in [4.78, 5) is 13.8. The number of nitrogens with one attached hydrogen (secondary N) is 2. The summed E-state index contributed by atoms with van der Waals surface area (Å²) in [6, 6.07) is 0. The van der Waals surface area contributed by atoms with Gasteiger partial charge in [0.1, 0.15) is 0 Å². The fraction of sp³-hybridized carbons (Fsp3) is 0.500. The Morgan fingerprint density at radius 3 is 2.76 bits per heavy atom. The highest BCUT2D eigenvalue weighted by Gasteiger charge is 2.04. The van der Waals surface area contributed by atoms with Crippen LogP contribution in [0.5, 0.6) is 0 Å². The van der Waals surface area contributed by atoms with Gasteiger partial charge in [0.25, 0.3) is 0 Å². The summed E-state index contributed by atoms with van der Waals surface area (Å²) in [5.74, 6) is 1.88. The molecule has 0 aliphatic carbocycles. The van der Waals surface area contributed by atoms with E-state index in [1.807, 2.05) is 6.20 Å². The van der Waals surface area contributed by atoms with Crippen molar-refractivity contribution in [2.24, 2.45) is 4.99 Å². The second kappa shape index (κ2) is 8.93. The van der Waals surface area contributed by atoms with Gasteiger partial charge in [-0.15, -0.1) is 35.3 Å². The Morgan fingerprint density at radius 1 is 1.38 bits per heavy atom. The fourth-order valence-corrected chi connectivity index (χ4v) is 2.39. The molecule has 2 N–H and O–H groups in total. The van der Waals surface area contributed by atoms with Crippen LogP contribution in [-0.4, -0.2) is 34.7 Å². The van der Waals surface area contributed by atoms with E-state index in [2.05, 4.69) is 37.7 Å². The van der Waals surface area contributed by atoms with E-state index in [1.165, 1.54) is 4.88 Å². The van der Waals surface area contributed by atoms with Crippen LogP contribution in [-0.2, 0) is 13.0 Å². The minimum Gasteiger partial charge on any atom is -0.356 e. The normalized spacial score (nSPS) is 11.1. The Balaban J connectivity index is 0.00000220. The van der Waals surface area contributed by atoms with Crippen molar-refractivity contribution < 1.29 is 4.52 Å². The SMILES string of the molecule is CN=C(NCCc1ncc(C)s1)NCc1noc(C)n1.I. The summed E-state index contributed by atoms with van der Waals surface area (Å²) in [6.07, 6.45) is 2.77. The predicted molar refractivity (Wildman–Crippen MR) is 93.2 cm³/mol. The van der Waals surface area contributed by atoms with Gasteiger partial charge in [0, 0.05) is 38.0 Å². The molecule has 0 saturated carbocycles. The van der Waals surface area contributed by atoms with Crippen LogP contribution in [0.1, 0.15) is 21.6 Å². The van der Waals surface area contributed by atoms with Crippen LogP contribution < -0.4 is 10.6 Å². The standard InChI is InChI=1S/C12H18N6OS.HI/c1-8-6-15-11(20-8)4-5-14-12(13-3)16-7-10-17-9(2)19-18-10;/h6H,4-5,7H2,1-3H3,(H2,13,14,16);1H. The van der Waals surface area contributed by atoms with Crippen molar-refractivity contribution in [3.8, 4) is 0 Å². The first kappa shape index (κ1) is 17.8. The molecule has 2 aromatic rings. The summed E-state index contributed by atoms with van der Waals surface area (Å²) < 4.78 is 4.90. The second-order valence-corrected chi connectivity index (χ2v) is 5.52. The lowest BCUT2D eigenvalue weighted by atomic mass is 10.4. The van der Waals surface area contributed by atoms with E-state index >= 15 is 0 Å². The minimum absolute atomic E-state index is 0. The molecule has 0 fully saturated rings. The number of aryl methyl sites for hydroxylation is 2. The Bertz CT molecular complexity index is 582. The number of nitrogens with zero attached hydrogens (tertiary/aromatic N) is 4. The quantitative estimate of drug-likeness (QED) is 0.433. The number of rotatable bonds is 5. The van der Waals surface area contributed by atoms with Gasteiger partial charge in [-0.2, -0.15) is 4.98 Å². The van der Waals surface area contributed by atoms with E-state index in [9.17, 15) is 0 Å². The number of thiazole rings is 1. The molecule has 7 nitrogen and oxygen atoms in total. The molecule has 0 aromatic carbocycles. The number of aliphatic imine (C=N–C) groups is 1. The third-order valence-electron chi connectivity index (χ3n) is 2.51. The first-order valence-corrected chi connectivity index (χ1v) is 7.14. The predicted octanol–water partition coefficient (Wildman–Crippen LogP) is 1.67. The monoisotopic (exact) mass is 422 g/mol. The average molecular weight is 422 g/mol. The molecule has 9 heteroatoms. The number of guanidine groups is 1. The zero-order valence-electron chi connectivity index (χ0n) is 12.2. The zero-order valence-corrected chi connectivity index (χ0v) is 15.4. The van der Waals surface area contributed by atoms with E-state index in [0.717, 1.165) is 18.0 Å². The lowest BCUT2D eigenvalue weighted by Gasteiger charge is -2.09. The lowest BCUT2D eigenvalue weighted by Crippen LogP contribution is -2.38. The summed E-state index contributed by atoms with van der Waals surface area (Å²) in [5.41, 5.74) is 0. The first-order valence-electron chi connectivity index (χ1n) is 6.32. The molecule has 0 bridgehead atoms. The molecule has 0 radical (unpaired) electrons. The molecule has 116 valence electrons. The van der Waals surface area contributed by atoms with Crippen LogP contribution in [0.4, 0.5) is 0 Å². The molecule has 0 aliphatic heterocycles. The molecular weight excluding hydrogens is 403 g/mol. The van der Waals surface area contributed by atoms with Crippen molar-refractivity contribution >= 4 is 41.3 Å². The second-order valence-electron chi connectivity index (χ2n) is 4.20. The van der Waals surface area contributed by atoms with E-state index in [0.29, 0.717) is 24.2 Å². The Hall–Kier alpha value is -1.23. The molecule has 0 amide bonds. The highest BCUT2D eigenvalue weighted by molar-refractivity contribution is 14.0. The summed E-state index contributed by atoms with van der Waals surface area (Å²) in [7, 11) is 1.73. The summed E-state index contributed by atoms with van der Waals surface area (Å²) in [6.45, 7) is 5.08. The van der Waals surface area contributed by atoms with E-state index in [-0.39, 0.29) is 24.0 Å². The molecule has 2 rings (SSSR count). The average Bonchev–Trinajstić information content (AvgIpc) is 3.02. The Labute approximate surface area is 144 Å². The third-order valence-corrected chi connectivity index (χ3v) is 3.48. The van der Waals surface area contributed by atoms with Crippen molar-refractivity contribution in [1.82, 2.24) is 25.8 Å². The maximum Gasteiger partial charge on any atom is 0.223 e.